The smallest absolute Gasteiger partial charge is 0.258 e. The van der Waals surface area contributed by atoms with E-state index in [1.807, 2.05) is 0 Å². The van der Waals surface area contributed by atoms with Gasteiger partial charge in [0.1, 0.15) is 5.75 Å². The molecular weight excluding hydrogens is 368 g/mol. The third-order valence-corrected chi connectivity index (χ3v) is 5.91. The van der Waals surface area contributed by atoms with Crippen LogP contribution in [0.3, 0.4) is 0 Å². The van der Waals surface area contributed by atoms with E-state index in [4.69, 9.17) is 16.3 Å². The van der Waals surface area contributed by atoms with Crippen LogP contribution in [0.15, 0.2) is 24.3 Å². The van der Waals surface area contributed by atoms with E-state index < -0.39 is 9.84 Å². The standard InChI is InChI=1S/C16H21ClN2O5S/c1-12(20)19(14-6-9-25(22,23)11-14)8-7-18-16(21)10-24-15-4-2-13(17)3-5-15/h2-5,14H,6-11H2,1H3,(H,18,21). The molecule has 25 heavy (non-hydrogen) atoms. The molecule has 138 valence electrons. The number of rotatable bonds is 7. The number of carbonyl (C=O) groups is 2. The Kier molecular flexibility index (Phi) is 6.66. The van der Waals surface area contributed by atoms with Crippen molar-refractivity contribution in [3.63, 3.8) is 0 Å². The Labute approximate surface area is 152 Å². The molecule has 1 aromatic carbocycles. The number of amides is 2. The van der Waals surface area contributed by atoms with Gasteiger partial charge in [-0.1, -0.05) is 11.6 Å². The van der Waals surface area contributed by atoms with E-state index in [2.05, 4.69) is 5.32 Å². The molecule has 0 aliphatic carbocycles. The van der Waals surface area contributed by atoms with Gasteiger partial charge >= 0.3 is 0 Å². The Morgan fingerprint density at radius 1 is 1.32 bits per heavy atom. The van der Waals surface area contributed by atoms with E-state index in [0.29, 0.717) is 17.2 Å². The molecule has 1 fully saturated rings. The second-order valence-corrected chi connectivity index (χ2v) is 8.53. The van der Waals surface area contributed by atoms with Crippen LogP contribution in [0.4, 0.5) is 0 Å². The Morgan fingerprint density at radius 2 is 2.00 bits per heavy atom. The van der Waals surface area contributed by atoms with E-state index in [1.54, 1.807) is 24.3 Å². The van der Waals surface area contributed by atoms with Crippen LogP contribution in [0.1, 0.15) is 13.3 Å². The summed E-state index contributed by atoms with van der Waals surface area (Å²) in [6.45, 7) is 1.75. The average molecular weight is 389 g/mol. The van der Waals surface area contributed by atoms with E-state index in [9.17, 15) is 18.0 Å². The molecular formula is C16H21ClN2O5S. The molecule has 1 heterocycles. The highest BCUT2D eigenvalue weighted by Crippen LogP contribution is 2.17. The van der Waals surface area contributed by atoms with Gasteiger partial charge in [0.05, 0.1) is 11.5 Å². The quantitative estimate of drug-likeness (QED) is 0.748. The van der Waals surface area contributed by atoms with Crippen molar-refractivity contribution in [2.24, 2.45) is 0 Å². The summed E-state index contributed by atoms with van der Waals surface area (Å²) in [4.78, 5) is 25.0. The molecule has 0 saturated carbocycles. The van der Waals surface area contributed by atoms with E-state index >= 15 is 0 Å². The van der Waals surface area contributed by atoms with Crippen molar-refractivity contribution >= 4 is 33.3 Å². The molecule has 1 unspecified atom stereocenters. The van der Waals surface area contributed by atoms with E-state index in [0.717, 1.165) is 0 Å². The number of sulfone groups is 1. The summed E-state index contributed by atoms with van der Waals surface area (Å²) in [5, 5.41) is 3.24. The van der Waals surface area contributed by atoms with Crippen molar-refractivity contribution in [2.45, 2.75) is 19.4 Å². The van der Waals surface area contributed by atoms with Gasteiger partial charge in [-0.25, -0.2) is 8.42 Å². The average Bonchev–Trinajstić information content (AvgIpc) is 2.90. The van der Waals surface area contributed by atoms with Gasteiger partial charge < -0.3 is 15.0 Å². The Morgan fingerprint density at radius 3 is 2.56 bits per heavy atom. The number of nitrogens with zero attached hydrogens (tertiary/aromatic N) is 1. The molecule has 2 rings (SSSR count). The van der Waals surface area contributed by atoms with Crippen LogP contribution in [-0.4, -0.2) is 62.4 Å². The lowest BCUT2D eigenvalue weighted by Crippen LogP contribution is -2.44. The maximum atomic E-state index is 11.8. The maximum Gasteiger partial charge on any atom is 0.258 e. The van der Waals surface area contributed by atoms with Gasteiger partial charge in [-0.3, -0.25) is 9.59 Å². The summed E-state index contributed by atoms with van der Waals surface area (Å²) in [6.07, 6.45) is 0.440. The highest BCUT2D eigenvalue weighted by molar-refractivity contribution is 7.91. The van der Waals surface area contributed by atoms with Gasteiger partial charge in [-0.15, -0.1) is 0 Å². The highest BCUT2D eigenvalue weighted by Gasteiger charge is 2.33. The first-order valence-electron chi connectivity index (χ1n) is 7.89. The second-order valence-electron chi connectivity index (χ2n) is 5.86. The highest BCUT2D eigenvalue weighted by atomic mass is 35.5. The molecule has 2 amide bonds. The Balaban J connectivity index is 1.74. The first-order valence-corrected chi connectivity index (χ1v) is 10.1. The maximum absolute atomic E-state index is 11.8. The van der Waals surface area contributed by atoms with E-state index in [1.165, 1.54) is 11.8 Å². The predicted octanol–water partition coefficient (Wildman–Crippen LogP) is 0.871. The van der Waals surface area contributed by atoms with Crippen molar-refractivity contribution in [2.75, 3.05) is 31.2 Å². The molecule has 1 atom stereocenters. The Hall–Kier alpha value is -1.80. The van der Waals surface area contributed by atoms with Crippen molar-refractivity contribution in [1.29, 1.82) is 0 Å². The number of benzene rings is 1. The van der Waals surface area contributed by atoms with Gasteiger partial charge in [-0.2, -0.15) is 0 Å². The molecule has 1 aliphatic rings. The number of halogens is 1. The predicted molar refractivity (Wildman–Crippen MR) is 94.4 cm³/mol. The zero-order valence-corrected chi connectivity index (χ0v) is 15.5. The zero-order valence-electron chi connectivity index (χ0n) is 13.9. The summed E-state index contributed by atoms with van der Waals surface area (Å²) in [5.74, 6) is 0.0930. The molecule has 1 saturated heterocycles. The summed E-state index contributed by atoms with van der Waals surface area (Å²) in [6, 6.07) is 6.33. The van der Waals surface area contributed by atoms with E-state index in [-0.39, 0.29) is 49.1 Å². The third kappa shape index (κ3) is 6.21. The minimum absolute atomic E-state index is 0.0137. The second kappa shape index (κ2) is 8.53. The normalized spacial score (nSPS) is 18.6. The van der Waals surface area contributed by atoms with Crippen LogP contribution in [-0.2, 0) is 19.4 Å². The first kappa shape index (κ1) is 19.5. The van der Waals surface area contributed by atoms with Crippen molar-refractivity contribution in [3.05, 3.63) is 29.3 Å². The molecule has 1 aliphatic heterocycles. The summed E-state index contributed by atoms with van der Waals surface area (Å²) >= 11 is 5.76. The third-order valence-electron chi connectivity index (χ3n) is 3.91. The number of carbonyl (C=O) groups excluding carboxylic acids is 2. The van der Waals surface area contributed by atoms with Crippen LogP contribution in [0, 0.1) is 0 Å². The first-order chi connectivity index (χ1) is 11.8. The number of hydrogen-bond donors (Lipinski definition) is 1. The molecule has 7 nitrogen and oxygen atoms in total. The number of ether oxygens (including phenoxy) is 1. The molecule has 0 radical (unpaired) electrons. The van der Waals surface area contributed by atoms with Gasteiger partial charge in [0.25, 0.3) is 5.91 Å². The lowest BCUT2D eigenvalue weighted by molar-refractivity contribution is -0.131. The number of nitrogens with one attached hydrogen (secondary N) is 1. The van der Waals surface area contributed by atoms with Crippen molar-refractivity contribution in [3.8, 4) is 5.75 Å². The zero-order chi connectivity index (χ0) is 18.4. The number of hydrogen-bond acceptors (Lipinski definition) is 5. The molecule has 0 aromatic heterocycles. The fraction of sp³-hybridized carbons (Fsp3) is 0.500. The van der Waals surface area contributed by atoms with Crippen molar-refractivity contribution < 1.29 is 22.7 Å². The molecule has 9 heteroatoms. The SMILES string of the molecule is CC(=O)N(CCNC(=O)COc1ccc(Cl)cc1)C1CCS(=O)(=O)C1. The summed E-state index contributed by atoms with van der Waals surface area (Å²) < 4.78 is 28.4. The fourth-order valence-electron chi connectivity index (χ4n) is 2.66. The van der Waals surface area contributed by atoms with Gasteiger partial charge in [-0.05, 0) is 30.7 Å². The summed E-state index contributed by atoms with van der Waals surface area (Å²) in [7, 11) is -3.07. The van der Waals surface area contributed by atoms with Gasteiger partial charge in [0, 0.05) is 31.1 Å². The largest absolute Gasteiger partial charge is 0.484 e. The minimum Gasteiger partial charge on any atom is -0.484 e. The topological polar surface area (TPSA) is 92.8 Å². The van der Waals surface area contributed by atoms with Gasteiger partial charge in [0.15, 0.2) is 16.4 Å². The minimum atomic E-state index is -3.07. The molecule has 1 N–H and O–H groups in total. The monoisotopic (exact) mass is 388 g/mol. The molecule has 1 aromatic rings. The van der Waals surface area contributed by atoms with Crippen LogP contribution in [0.25, 0.3) is 0 Å². The van der Waals surface area contributed by atoms with Crippen LogP contribution >= 0.6 is 11.6 Å². The Bertz CT molecular complexity index is 721. The fourth-order valence-corrected chi connectivity index (χ4v) is 4.52. The molecule has 0 bridgehead atoms. The van der Waals surface area contributed by atoms with Crippen LogP contribution in [0.2, 0.25) is 5.02 Å². The lowest BCUT2D eigenvalue weighted by Gasteiger charge is -2.27. The van der Waals surface area contributed by atoms with Crippen LogP contribution in [0.5, 0.6) is 5.75 Å². The van der Waals surface area contributed by atoms with Crippen molar-refractivity contribution in [1.82, 2.24) is 10.2 Å². The lowest BCUT2D eigenvalue weighted by atomic mass is 10.2. The van der Waals surface area contributed by atoms with Crippen LogP contribution < -0.4 is 10.1 Å². The van der Waals surface area contributed by atoms with Gasteiger partial charge in [0.2, 0.25) is 5.91 Å². The summed E-state index contributed by atoms with van der Waals surface area (Å²) in [5.41, 5.74) is 0. The molecule has 0 spiro atoms.